The van der Waals surface area contributed by atoms with Crippen LogP contribution in [0.5, 0.6) is 0 Å². The largest absolute Gasteiger partial charge is 0.462 e. The first kappa shape index (κ1) is 26.6. The van der Waals surface area contributed by atoms with E-state index in [1.165, 1.54) is 26.0 Å². The summed E-state index contributed by atoms with van der Waals surface area (Å²) >= 11 is 0. The van der Waals surface area contributed by atoms with Crippen LogP contribution in [0.1, 0.15) is 59.8 Å². The molecule has 9 atom stereocenters. The number of halogens is 2. The molecule has 0 radical (unpaired) electrons. The number of alkyl halides is 2. The summed E-state index contributed by atoms with van der Waals surface area (Å²) in [6, 6.07) is 0. The van der Waals surface area contributed by atoms with Crippen molar-refractivity contribution in [3.05, 3.63) is 23.8 Å². The molecule has 0 unspecified atom stereocenters. The predicted octanol–water partition coefficient (Wildman–Crippen LogP) is 3.38. The molecule has 0 aromatic heterocycles. The normalized spacial score (nSPS) is 43.1. The first-order valence-corrected chi connectivity index (χ1v) is 12.6. The Morgan fingerprint density at radius 2 is 1.89 bits per heavy atom. The van der Waals surface area contributed by atoms with Crippen LogP contribution in [0, 0.1) is 28.6 Å². The molecule has 0 bridgehead atoms. The van der Waals surface area contributed by atoms with Crippen LogP contribution in [0.3, 0.4) is 0 Å². The summed E-state index contributed by atoms with van der Waals surface area (Å²) in [6.07, 6.45) is -0.0179. The molecule has 0 heterocycles. The van der Waals surface area contributed by atoms with Crippen LogP contribution in [-0.4, -0.2) is 59.3 Å². The first-order chi connectivity index (χ1) is 16.8. The molecule has 4 aliphatic carbocycles. The summed E-state index contributed by atoms with van der Waals surface area (Å²) in [4.78, 5) is 49.1. The van der Waals surface area contributed by atoms with E-state index in [0.717, 1.165) is 6.08 Å². The van der Waals surface area contributed by atoms with Gasteiger partial charge in [-0.25, -0.2) is 8.78 Å². The number of carbonyl (C=O) groups excluding carboxylic acids is 4. The number of ether oxygens (including phenoxy) is 2. The molecule has 9 heteroatoms. The number of ketones is 2. The smallest absolute Gasteiger partial charge is 0.306 e. The number of allylic oxidation sites excluding steroid dienone is 4. The van der Waals surface area contributed by atoms with Gasteiger partial charge in [0.1, 0.15) is 18.9 Å². The second kappa shape index (κ2) is 9.15. The monoisotopic (exact) mass is 508 g/mol. The highest BCUT2D eigenvalue weighted by atomic mass is 19.1. The molecule has 0 aliphatic heterocycles. The lowest BCUT2D eigenvalue weighted by molar-refractivity contribution is -0.202. The highest BCUT2D eigenvalue weighted by Gasteiger charge is 2.74. The van der Waals surface area contributed by atoms with E-state index in [4.69, 9.17) is 9.47 Å². The average molecular weight is 509 g/mol. The number of hydrogen-bond donors (Lipinski definition) is 1. The van der Waals surface area contributed by atoms with E-state index < -0.39 is 82.7 Å². The minimum Gasteiger partial charge on any atom is -0.462 e. The molecule has 0 aromatic carbocycles. The highest BCUT2D eigenvalue weighted by Crippen LogP contribution is 2.69. The molecule has 4 aliphatic rings. The molecule has 7 nitrogen and oxygen atoms in total. The Balaban J connectivity index is 1.76. The van der Waals surface area contributed by atoms with Crippen LogP contribution >= 0.6 is 0 Å². The SMILES string of the molecule is CCCC(=O)O[C@@H]1C[C@H]2[C@@H]3C[C@H](F)C4=CC(=O)C=C[C@]4(C)[C@@]3(F)[C@@H](O)C[C@]2(C)[C@H]1C(=O)COC(C)=O. The average Bonchev–Trinajstić information content (AvgIpc) is 3.07. The predicted molar refractivity (Wildman–Crippen MR) is 124 cm³/mol. The Bertz CT molecular complexity index is 1040. The van der Waals surface area contributed by atoms with E-state index >= 15 is 8.78 Å². The second-order valence-corrected chi connectivity index (χ2v) is 11.2. The molecule has 3 fully saturated rings. The van der Waals surface area contributed by atoms with Crippen molar-refractivity contribution < 1.29 is 42.5 Å². The fourth-order valence-corrected chi connectivity index (χ4v) is 7.58. The third kappa shape index (κ3) is 3.85. The summed E-state index contributed by atoms with van der Waals surface area (Å²) < 4.78 is 43.4. The van der Waals surface area contributed by atoms with Gasteiger partial charge in [-0.2, -0.15) is 0 Å². The molecule has 4 rings (SSSR count). The van der Waals surface area contributed by atoms with Crippen LogP contribution in [0.15, 0.2) is 23.8 Å². The number of esters is 2. The van der Waals surface area contributed by atoms with Crippen LogP contribution in [0.25, 0.3) is 0 Å². The lowest BCUT2D eigenvalue weighted by Gasteiger charge is -2.62. The van der Waals surface area contributed by atoms with E-state index in [9.17, 15) is 24.3 Å². The van der Waals surface area contributed by atoms with Gasteiger partial charge in [-0.3, -0.25) is 19.2 Å². The summed E-state index contributed by atoms with van der Waals surface area (Å²) in [5.41, 5.74) is -4.85. The third-order valence-electron chi connectivity index (χ3n) is 9.13. The minimum absolute atomic E-state index is 0.0165. The van der Waals surface area contributed by atoms with Gasteiger partial charge < -0.3 is 14.6 Å². The Morgan fingerprint density at radius 3 is 2.53 bits per heavy atom. The van der Waals surface area contributed by atoms with Gasteiger partial charge in [0.05, 0.1) is 12.0 Å². The minimum atomic E-state index is -2.30. The van der Waals surface area contributed by atoms with Crippen molar-refractivity contribution in [1.29, 1.82) is 0 Å². The van der Waals surface area contributed by atoms with Crippen LogP contribution in [-0.2, 0) is 28.7 Å². The maximum Gasteiger partial charge on any atom is 0.306 e. The Kier molecular flexibility index (Phi) is 6.77. The second-order valence-electron chi connectivity index (χ2n) is 11.2. The Hall–Kier alpha value is -2.42. The molecular formula is C27H34F2O7. The first-order valence-electron chi connectivity index (χ1n) is 12.6. The quantitative estimate of drug-likeness (QED) is 0.548. The zero-order chi connectivity index (χ0) is 26.6. The van der Waals surface area contributed by atoms with Gasteiger partial charge in [0.2, 0.25) is 0 Å². The van der Waals surface area contributed by atoms with E-state index in [2.05, 4.69) is 0 Å². The van der Waals surface area contributed by atoms with Gasteiger partial charge in [0.25, 0.3) is 0 Å². The molecule has 198 valence electrons. The lowest BCUT2D eigenvalue weighted by atomic mass is 9.45. The van der Waals surface area contributed by atoms with Gasteiger partial charge in [0.15, 0.2) is 17.2 Å². The maximum absolute atomic E-state index is 17.3. The third-order valence-corrected chi connectivity index (χ3v) is 9.13. The van der Waals surface area contributed by atoms with E-state index in [1.807, 2.05) is 6.92 Å². The highest BCUT2D eigenvalue weighted by molar-refractivity contribution is 6.01. The van der Waals surface area contributed by atoms with Crippen LogP contribution < -0.4 is 0 Å². The topological polar surface area (TPSA) is 107 Å². The molecule has 0 aromatic rings. The maximum atomic E-state index is 17.3. The van der Waals surface area contributed by atoms with Gasteiger partial charge >= 0.3 is 11.9 Å². The number of fused-ring (bicyclic) bond motifs is 5. The lowest BCUT2D eigenvalue weighted by Crippen LogP contribution is -2.68. The summed E-state index contributed by atoms with van der Waals surface area (Å²) in [7, 11) is 0. The summed E-state index contributed by atoms with van der Waals surface area (Å²) in [6.45, 7) is 5.69. The Labute approximate surface area is 209 Å². The van der Waals surface area contributed by atoms with Gasteiger partial charge in [-0.05, 0) is 61.7 Å². The van der Waals surface area contributed by atoms with Crippen molar-refractivity contribution in [2.45, 2.75) is 83.8 Å². The number of Topliss-reactive ketones (excluding diaryl/α,β-unsaturated/α-hetero) is 1. The van der Waals surface area contributed by atoms with Crippen molar-refractivity contribution in [2.24, 2.45) is 28.6 Å². The molecular weight excluding hydrogens is 474 g/mol. The van der Waals surface area contributed by atoms with Crippen molar-refractivity contribution in [1.82, 2.24) is 0 Å². The van der Waals surface area contributed by atoms with Crippen molar-refractivity contribution in [3.8, 4) is 0 Å². The van der Waals surface area contributed by atoms with E-state index in [-0.39, 0.29) is 31.3 Å². The van der Waals surface area contributed by atoms with E-state index in [1.54, 1.807) is 6.92 Å². The molecule has 0 saturated heterocycles. The molecule has 1 N–H and O–H groups in total. The van der Waals surface area contributed by atoms with Gasteiger partial charge in [-0.1, -0.05) is 19.9 Å². The zero-order valence-corrected chi connectivity index (χ0v) is 21.1. The zero-order valence-electron chi connectivity index (χ0n) is 21.1. The van der Waals surface area contributed by atoms with Crippen LogP contribution in [0.4, 0.5) is 8.78 Å². The molecule has 36 heavy (non-hydrogen) atoms. The fourth-order valence-electron chi connectivity index (χ4n) is 7.58. The molecule has 3 saturated carbocycles. The number of aliphatic hydroxyl groups is 1. The standard InChI is InChI=1S/C27H34F2O7/c1-5-6-23(34)36-21-11-16-17-10-19(28)18-9-15(31)7-8-26(18,4)27(17,29)22(33)12-25(16,3)24(21)20(32)13-35-14(2)30/h7-9,16-17,19,21-22,24,33H,5-6,10-13H2,1-4H3/t16-,17-,19-,21+,22-,24-,25-,26-,27-/m0/s1. The van der Waals surface area contributed by atoms with Crippen molar-refractivity contribution in [3.63, 3.8) is 0 Å². The molecule has 0 amide bonds. The van der Waals surface area contributed by atoms with Gasteiger partial charge in [-0.15, -0.1) is 0 Å². The van der Waals surface area contributed by atoms with Crippen LogP contribution in [0.2, 0.25) is 0 Å². The number of aliphatic hydroxyl groups excluding tert-OH is 1. The van der Waals surface area contributed by atoms with Gasteiger partial charge in [0, 0.05) is 24.7 Å². The fraction of sp³-hybridized carbons (Fsp3) is 0.704. The Morgan fingerprint density at radius 1 is 1.19 bits per heavy atom. The number of carbonyl (C=O) groups is 4. The van der Waals surface area contributed by atoms with Crippen molar-refractivity contribution >= 4 is 23.5 Å². The molecule has 0 spiro atoms. The summed E-state index contributed by atoms with van der Waals surface area (Å²) in [5, 5.41) is 11.4. The van der Waals surface area contributed by atoms with Crippen molar-refractivity contribution in [2.75, 3.05) is 6.61 Å². The van der Waals surface area contributed by atoms with E-state index in [0.29, 0.717) is 6.42 Å². The number of hydrogen-bond acceptors (Lipinski definition) is 7. The summed E-state index contributed by atoms with van der Waals surface area (Å²) in [5.74, 6) is -4.60. The number of rotatable bonds is 6.